The molecular weight excluding hydrogens is 454 g/mol. The Morgan fingerprint density at radius 1 is 1.21 bits per heavy atom. The van der Waals surface area contributed by atoms with Crippen LogP contribution < -0.4 is 21.3 Å². The van der Waals surface area contributed by atoms with E-state index in [1.54, 1.807) is 36.4 Å². The maximum atomic E-state index is 13.7. The van der Waals surface area contributed by atoms with Gasteiger partial charge in [0.05, 0.1) is 17.5 Å². The van der Waals surface area contributed by atoms with Crippen molar-refractivity contribution in [2.24, 2.45) is 10.7 Å². The van der Waals surface area contributed by atoms with Crippen LogP contribution in [-0.2, 0) is 20.6 Å². The van der Waals surface area contributed by atoms with Gasteiger partial charge in [0.25, 0.3) is 5.56 Å². The zero-order valence-electron chi connectivity index (χ0n) is 18.8. The zero-order chi connectivity index (χ0) is 24.5. The first-order valence-corrected chi connectivity index (χ1v) is 12.6. The predicted octanol–water partition coefficient (Wildman–Crippen LogP) is 1.94. The molecule has 0 bridgehead atoms. The van der Waals surface area contributed by atoms with E-state index in [2.05, 4.69) is 21.6 Å². The second-order valence-corrected chi connectivity index (χ2v) is 10.2. The average molecular weight is 482 g/mol. The highest BCUT2D eigenvalue weighted by Crippen LogP contribution is 2.41. The SMILES string of the molecule is C=C1C(CNC=O)=C(n2c(C3CC3)ccc(NS(=O)(=O)Cc3ccccc3)c2=O)C(N)=NC1C. The molecule has 2 aliphatic rings. The van der Waals surface area contributed by atoms with Gasteiger partial charge in [-0.2, -0.15) is 0 Å². The van der Waals surface area contributed by atoms with Crippen molar-refractivity contribution in [2.45, 2.75) is 37.5 Å². The third-order valence-electron chi connectivity index (χ3n) is 5.91. The number of aromatic nitrogens is 1. The first-order valence-electron chi connectivity index (χ1n) is 11.0. The number of dihydropyridines is 1. The molecule has 1 aliphatic heterocycles. The van der Waals surface area contributed by atoms with Gasteiger partial charge in [-0.1, -0.05) is 36.9 Å². The van der Waals surface area contributed by atoms with Gasteiger partial charge < -0.3 is 11.1 Å². The minimum Gasteiger partial charge on any atom is -0.382 e. The summed E-state index contributed by atoms with van der Waals surface area (Å²) in [6, 6.07) is 11.6. The van der Waals surface area contributed by atoms with E-state index in [9.17, 15) is 18.0 Å². The molecule has 4 rings (SSSR count). The van der Waals surface area contributed by atoms with Crippen molar-refractivity contribution in [1.82, 2.24) is 9.88 Å². The van der Waals surface area contributed by atoms with Crippen LogP contribution in [0.1, 0.15) is 36.9 Å². The summed E-state index contributed by atoms with van der Waals surface area (Å²) in [4.78, 5) is 29.1. The van der Waals surface area contributed by atoms with Crippen LogP contribution >= 0.6 is 0 Å². The minimum absolute atomic E-state index is 0.0902. The molecule has 1 aromatic heterocycles. The van der Waals surface area contributed by atoms with Gasteiger partial charge in [-0.05, 0) is 49.0 Å². The number of nitrogens with one attached hydrogen (secondary N) is 2. The monoisotopic (exact) mass is 481 g/mol. The number of nitrogens with two attached hydrogens (primary N) is 1. The molecule has 1 amide bonds. The summed E-state index contributed by atoms with van der Waals surface area (Å²) in [5, 5.41) is 2.62. The van der Waals surface area contributed by atoms with Crippen molar-refractivity contribution in [3.8, 4) is 0 Å². The van der Waals surface area contributed by atoms with Crippen LogP contribution in [0.5, 0.6) is 0 Å². The van der Waals surface area contributed by atoms with Gasteiger partial charge >= 0.3 is 0 Å². The minimum atomic E-state index is -3.85. The highest BCUT2D eigenvalue weighted by atomic mass is 32.2. The van der Waals surface area contributed by atoms with E-state index in [4.69, 9.17) is 5.73 Å². The lowest BCUT2D eigenvalue weighted by atomic mass is 9.95. The summed E-state index contributed by atoms with van der Waals surface area (Å²) in [6.45, 7) is 6.02. The Balaban J connectivity index is 1.82. The number of amides is 1. The van der Waals surface area contributed by atoms with Crippen molar-refractivity contribution < 1.29 is 13.2 Å². The molecule has 1 aromatic carbocycles. The summed E-state index contributed by atoms with van der Waals surface area (Å²) >= 11 is 0. The maximum absolute atomic E-state index is 13.7. The Bertz CT molecular complexity index is 1360. The van der Waals surface area contributed by atoms with Gasteiger partial charge in [0, 0.05) is 17.8 Å². The molecule has 0 radical (unpaired) electrons. The van der Waals surface area contributed by atoms with Crippen LogP contribution in [0.15, 0.2) is 70.0 Å². The quantitative estimate of drug-likeness (QED) is 0.470. The Kier molecular flexibility index (Phi) is 6.43. The molecule has 4 N–H and O–H groups in total. The van der Waals surface area contributed by atoms with Gasteiger partial charge in [0.1, 0.15) is 11.5 Å². The highest BCUT2D eigenvalue weighted by molar-refractivity contribution is 7.91. The first kappa shape index (κ1) is 23.5. The van der Waals surface area contributed by atoms with Crippen molar-refractivity contribution in [2.75, 3.05) is 11.3 Å². The van der Waals surface area contributed by atoms with E-state index in [1.165, 1.54) is 10.6 Å². The highest BCUT2D eigenvalue weighted by Gasteiger charge is 2.33. The van der Waals surface area contributed by atoms with Crippen LogP contribution in [0.4, 0.5) is 5.69 Å². The third kappa shape index (κ3) is 4.81. The van der Waals surface area contributed by atoms with Gasteiger partial charge in [-0.25, -0.2) is 8.42 Å². The molecule has 10 heteroatoms. The predicted molar refractivity (Wildman–Crippen MR) is 133 cm³/mol. The lowest BCUT2D eigenvalue weighted by Crippen LogP contribution is -2.37. The standard InChI is InChI=1S/C24H27N5O4S/c1-15-16(2)27-23(25)22(19(15)12-26-14-30)29-21(18-8-9-18)11-10-20(24(29)31)28-34(32,33)13-17-6-4-3-5-7-17/h3-7,10-11,14,16,18,28H,1,8-9,12-13H2,2H3,(H2,25,27)(H,26,30). The van der Waals surface area contributed by atoms with E-state index < -0.39 is 15.6 Å². The van der Waals surface area contributed by atoms with Crippen LogP contribution in [-0.4, -0.2) is 37.8 Å². The number of benzene rings is 1. The van der Waals surface area contributed by atoms with Gasteiger partial charge in [0.15, 0.2) is 0 Å². The maximum Gasteiger partial charge on any atom is 0.279 e. The van der Waals surface area contributed by atoms with Crippen molar-refractivity contribution in [3.05, 3.63) is 81.8 Å². The lowest BCUT2D eigenvalue weighted by molar-refractivity contribution is -0.109. The zero-order valence-corrected chi connectivity index (χ0v) is 19.6. The molecular formula is C24H27N5O4S. The smallest absolute Gasteiger partial charge is 0.279 e. The topological polar surface area (TPSA) is 136 Å². The number of pyridine rings is 1. The summed E-state index contributed by atoms with van der Waals surface area (Å²) in [7, 11) is -3.85. The second-order valence-electron chi connectivity index (χ2n) is 8.47. The second kappa shape index (κ2) is 9.30. The van der Waals surface area contributed by atoms with Crippen LogP contribution in [0.25, 0.3) is 5.70 Å². The number of hydrogen-bond donors (Lipinski definition) is 3. The number of carbonyl (C=O) groups is 1. The van der Waals surface area contributed by atoms with Crippen LogP contribution in [0.3, 0.4) is 0 Å². The largest absolute Gasteiger partial charge is 0.382 e. The number of amidine groups is 1. The molecule has 1 fully saturated rings. The van der Waals surface area contributed by atoms with Crippen molar-refractivity contribution in [3.63, 3.8) is 0 Å². The summed E-state index contributed by atoms with van der Waals surface area (Å²) in [6.07, 6.45) is 2.37. The Morgan fingerprint density at radius 2 is 1.91 bits per heavy atom. The van der Waals surface area contributed by atoms with Crippen LogP contribution in [0, 0.1) is 0 Å². The van der Waals surface area contributed by atoms with E-state index in [1.807, 2.05) is 6.92 Å². The van der Waals surface area contributed by atoms with Gasteiger partial charge in [0.2, 0.25) is 16.4 Å². The Labute approximate surface area is 198 Å². The third-order valence-corrected chi connectivity index (χ3v) is 7.16. The number of nitrogens with zero attached hydrogens (tertiary/aromatic N) is 2. The number of aliphatic imine (C=N–C) groups is 1. The first-order chi connectivity index (χ1) is 16.2. The Hall–Kier alpha value is -3.66. The van der Waals surface area contributed by atoms with E-state index in [-0.39, 0.29) is 35.8 Å². The Morgan fingerprint density at radius 3 is 2.56 bits per heavy atom. The van der Waals surface area contributed by atoms with Crippen molar-refractivity contribution in [1.29, 1.82) is 0 Å². The normalized spacial score (nSPS) is 18.4. The fourth-order valence-electron chi connectivity index (χ4n) is 4.05. The molecule has 0 saturated heterocycles. The molecule has 0 spiro atoms. The molecule has 9 nitrogen and oxygen atoms in total. The van der Waals surface area contributed by atoms with E-state index in [0.29, 0.717) is 28.8 Å². The van der Waals surface area contributed by atoms with E-state index >= 15 is 0 Å². The summed E-state index contributed by atoms with van der Waals surface area (Å²) < 4.78 is 29.5. The fourth-order valence-corrected chi connectivity index (χ4v) is 5.25. The molecule has 1 atom stereocenters. The molecule has 1 aliphatic carbocycles. The molecule has 2 aromatic rings. The summed E-state index contributed by atoms with van der Waals surface area (Å²) in [5.41, 5.74) is 8.51. The number of anilines is 1. The average Bonchev–Trinajstić information content (AvgIpc) is 3.62. The number of rotatable bonds is 9. The number of carbonyl (C=O) groups excluding carboxylic acids is 1. The van der Waals surface area contributed by atoms with Crippen LogP contribution in [0.2, 0.25) is 0 Å². The molecule has 2 heterocycles. The molecule has 34 heavy (non-hydrogen) atoms. The fraction of sp³-hybridized carbons (Fsp3) is 0.292. The molecule has 1 saturated carbocycles. The summed E-state index contributed by atoms with van der Waals surface area (Å²) in [5.74, 6) is 0.0130. The van der Waals surface area contributed by atoms with Gasteiger partial charge in [-0.3, -0.25) is 23.9 Å². The van der Waals surface area contributed by atoms with Crippen molar-refractivity contribution >= 4 is 33.7 Å². The lowest BCUT2D eigenvalue weighted by Gasteiger charge is -2.27. The van der Waals surface area contributed by atoms with Gasteiger partial charge in [-0.15, -0.1) is 0 Å². The number of sulfonamides is 1. The number of hydrogen-bond acceptors (Lipinski definition) is 6. The molecule has 178 valence electrons. The van der Waals surface area contributed by atoms with E-state index in [0.717, 1.165) is 18.5 Å². The molecule has 1 unspecified atom stereocenters.